The molecule has 1 amide bonds. The molecule has 2 aliphatic heterocycles. The molecule has 0 aliphatic carbocycles. The molecule has 2 aromatic rings. The Morgan fingerprint density at radius 2 is 1.79 bits per heavy atom. The minimum absolute atomic E-state index is 0.0485. The number of amides is 1. The molecule has 0 unspecified atom stereocenters. The minimum Gasteiger partial charge on any atom is -0.494 e. The second-order valence-corrected chi connectivity index (χ2v) is 10.8. The van der Waals surface area contributed by atoms with Crippen molar-refractivity contribution in [2.75, 3.05) is 50.8 Å². The topological polar surface area (TPSA) is 70.2 Å². The van der Waals surface area contributed by atoms with Gasteiger partial charge in [-0.05, 0) is 62.2 Å². The molecule has 2 aliphatic rings. The number of benzene rings is 2. The summed E-state index contributed by atoms with van der Waals surface area (Å²) in [4.78, 5) is 17.6. The van der Waals surface area contributed by atoms with E-state index >= 15 is 0 Å². The zero-order valence-corrected chi connectivity index (χ0v) is 20.4. The fourth-order valence-electron chi connectivity index (χ4n) is 4.50. The predicted molar refractivity (Wildman–Crippen MR) is 129 cm³/mol. The Balaban J connectivity index is 1.37. The molecule has 178 valence electrons. The number of ether oxygens (including phenoxy) is 1. The van der Waals surface area contributed by atoms with Crippen molar-refractivity contribution in [2.45, 2.75) is 24.7 Å². The van der Waals surface area contributed by atoms with Gasteiger partial charge in [0.15, 0.2) is 0 Å². The third-order valence-corrected chi connectivity index (χ3v) is 8.39. The Morgan fingerprint density at radius 1 is 1.06 bits per heavy atom. The van der Waals surface area contributed by atoms with Crippen LogP contribution in [-0.2, 0) is 14.8 Å². The van der Waals surface area contributed by atoms with Crippen LogP contribution in [-0.4, -0.2) is 69.4 Å². The van der Waals surface area contributed by atoms with E-state index in [0.29, 0.717) is 49.9 Å². The fraction of sp³-hybridized carbons (Fsp3) is 0.458. The van der Waals surface area contributed by atoms with Crippen molar-refractivity contribution in [1.82, 2.24) is 9.21 Å². The van der Waals surface area contributed by atoms with Crippen LogP contribution < -0.4 is 9.64 Å². The van der Waals surface area contributed by atoms with E-state index in [9.17, 15) is 13.2 Å². The zero-order chi connectivity index (χ0) is 23.4. The van der Waals surface area contributed by atoms with Gasteiger partial charge >= 0.3 is 0 Å². The molecular formula is C24H30ClN3O4S. The highest BCUT2D eigenvalue weighted by Crippen LogP contribution is 2.27. The van der Waals surface area contributed by atoms with Gasteiger partial charge in [0.25, 0.3) is 0 Å². The van der Waals surface area contributed by atoms with Crippen LogP contribution in [0.25, 0.3) is 0 Å². The van der Waals surface area contributed by atoms with Crippen molar-refractivity contribution < 1.29 is 17.9 Å². The highest BCUT2D eigenvalue weighted by atomic mass is 35.5. The highest BCUT2D eigenvalue weighted by molar-refractivity contribution is 7.89. The van der Waals surface area contributed by atoms with Gasteiger partial charge in [0.2, 0.25) is 15.9 Å². The predicted octanol–water partition coefficient (Wildman–Crippen LogP) is 3.49. The summed E-state index contributed by atoms with van der Waals surface area (Å²) in [6.07, 6.45) is 1.39. The average Bonchev–Trinajstić information content (AvgIpc) is 2.84. The quantitative estimate of drug-likeness (QED) is 0.618. The molecule has 7 nitrogen and oxygen atoms in total. The van der Waals surface area contributed by atoms with E-state index in [-0.39, 0.29) is 23.3 Å². The lowest BCUT2D eigenvalue weighted by molar-refractivity contribution is -0.137. The Kier molecular flexibility index (Phi) is 7.46. The van der Waals surface area contributed by atoms with Crippen LogP contribution in [0, 0.1) is 5.92 Å². The molecule has 0 aromatic heterocycles. The van der Waals surface area contributed by atoms with E-state index in [0.717, 1.165) is 18.8 Å². The lowest BCUT2D eigenvalue weighted by Gasteiger charge is -2.39. The van der Waals surface area contributed by atoms with Gasteiger partial charge in [-0.25, -0.2) is 8.42 Å². The lowest BCUT2D eigenvalue weighted by Crippen LogP contribution is -2.53. The van der Waals surface area contributed by atoms with Gasteiger partial charge in [-0.15, -0.1) is 0 Å². The fourth-order valence-corrected chi connectivity index (χ4v) is 6.21. The molecule has 2 aromatic carbocycles. The van der Waals surface area contributed by atoms with E-state index in [1.165, 1.54) is 4.31 Å². The second-order valence-electron chi connectivity index (χ2n) is 8.40. The molecule has 0 N–H and O–H groups in total. The maximum Gasteiger partial charge on any atom is 0.243 e. The van der Waals surface area contributed by atoms with Crippen molar-refractivity contribution in [1.29, 1.82) is 0 Å². The number of nitrogens with zero attached hydrogens (tertiary/aromatic N) is 3. The molecule has 0 radical (unpaired) electrons. The first-order valence-corrected chi connectivity index (χ1v) is 13.2. The van der Waals surface area contributed by atoms with E-state index in [2.05, 4.69) is 4.90 Å². The van der Waals surface area contributed by atoms with Gasteiger partial charge in [0.05, 0.1) is 17.4 Å². The smallest absolute Gasteiger partial charge is 0.243 e. The molecule has 0 spiro atoms. The van der Waals surface area contributed by atoms with Crippen molar-refractivity contribution in [3.63, 3.8) is 0 Å². The van der Waals surface area contributed by atoms with Crippen LogP contribution in [0.4, 0.5) is 5.69 Å². The van der Waals surface area contributed by atoms with Crippen LogP contribution in [0.15, 0.2) is 53.4 Å². The van der Waals surface area contributed by atoms with Gasteiger partial charge in [-0.2, -0.15) is 4.31 Å². The number of carbonyl (C=O) groups is 1. The number of rotatable bonds is 6. The SMILES string of the molecule is CCOc1ccc(S(=O)(=O)N2CCC[C@@H](C(=O)N3CCN(c4cccc(Cl)c4)CC3)C2)cc1. The molecule has 0 bridgehead atoms. The molecule has 2 saturated heterocycles. The van der Waals surface area contributed by atoms with Crippen LogP contribution in [0.3, 0.4) is 0 Å². The Hall–Kier alpha value is -2.29. The molecule has 0 saturated carbocycles. The average molecular weight is 492 g/mol. The normalized spacial score (nSPS) is 20.0. The third kappa shape index (κ3) is 5.45. The molecular weight excluding hydrogens is 462 g/mol. The van der Waals surface area contributed by atoms with Gasteiger partial charge in [-0.1, -0.05) is 17.7 Å². The maximum absolute atomic E-state index is 13.2. The van der Waals surface area contributed by atoms with Crippen LogP contribution in [0.5, 0.6) is 5.75 Å². The Bertz CT molecular complexity index is 1070. The van der Waals surface area contributed by atoms with Crippen LogP contribution >= 0.6 is 11.6 Å². The summed E-state index contributed by atoms with van der Waals surface area (Å²) in [5.74, 6) is 0.376. The second kappa shape index (κ2) is 10.3. The number of sulfonamides is 1. The summed E-state index contributed by atoms with van der Waals surface area (Å²) in [5, 5.41) is 0.696. The first kappa shape index (κ1) is 23.9. The minimum atomic E-state index is -3.65. The Morgan fingerprint density at radius 3 is 2.45 bits per heavy atom. The van der Waals surface area contributed by atoms with Crippen LogP contribution in [0.1, 0.15) is 19.8 Å². The standard InChI is InChI=1S/C24H30ClN3O4S/c1-2-32-22-8-10-23(11-9-22)33(30,31)28-12-4-5-19(18-28)24(29)27-15-13-26(14-16-27)21-7-3-6-20(25)17-21/h3,6-11,17,19H,2,4-5,12-16,18H2,1H3/t19-/m1/s1. The van der Waals surface area contributed by atoms with E-state index in [4.69, 9.17) is 16.3 Å². The van der Waals surface area contributed by atoms with Gasteiger partial charge in [0.1, 0.15) is 5.75 Å². The monoisotopic (exact) mass is 491 g/mol. The summed E-state index contributed by atoms with van der Waals surface area (Å²) in [7, 11) is -3.65. The zero-order valence-electron chi connectivity index (χ0n) is 18.8. The number of piperidine rings is 1. The summed E-state index contributed by atoms with van der Waals surface area (Å²) >= 11 is 6.11. The van der Waals surface area contributed by atoms with Gasteiger partial charge < -0.3 is 14.5 Å². The summed E-state index contributed by atoms with van der Waals surface area (Å²) < 4.78 is 33.2. The number of piperazine rings is 1. The molecule has 1 atom stereocenters. The molecule has 2 fully saturated rings. The van der Waals surface area contributed by atoms with Crippen LogP contribution in [0.2, 0.25) is 5.02 Å². The van der Waals surface area contributed by atoms with E-state index in [1.807, 2.05) is 36.1 Å². The summed E-state index contributed by atoms with van der Waals surface area (Å²) in [6, 6.07) is 14.2. The Labute approximate surface area is 200 Å². The van der Waals surface area contributed by atoms with Crippen molar-refractivity contribution in [3.05, 3.63) is 53.6 Å². The van der Waals surface area contributed by atoms with Crippen molar-refractivity contribution in [3.8, 4) is 5.75 Å². The summed E-state index contributed by atoms with van der Waals surface area (Å²) in [6.45, 7) is 5.76. The molecule has 4 rings (SSSR count). The van der Waals surface area contributed by atoms with Crippen molar-refractivity contribution in [2.24, 2.45) is 5.92 Å². The van der Waals surface area contributed by atoms with Crippen molar-refractivity contribution >= 4 is 33.2 Å². The number of carbonyl (C=O) groups excluding carboxylic acids is 1. The number of hydrogen-bond acceptors (Lipinski definition) is 5. The lowest BCUT2D eigenvalue weighted by atomic mass is 9.97. The first-order chi connectivity index (χ1) is 15.9. The number of hydrogen-bond donors (Lipinski definition) is 0. The number of anilines is 1. The third-order valence-electron chi connectivity index (χ3n) is 6.27. The number of halogens is 1. The van der Waals surface area contributed by atoms with Gasteiger partial charge in [-0.3, -0.25) is 4.79 Å². The summed E-state index contributed by atoms with van der Waals surface area (Å²) in [5.41, 5.74) is 1.06. The molecule has 2 heterocycles. The van der Waals surface area contributed by atoms with Gasteiger partial charge in [0, 0.05) is 50.0 Å². The maximum atomic E-state index is 13.2. The largest absolute Gasteiger partial charge is 0.494 e. The molecule has 9 heteroatoms. The first-order valence-electron chi connectivity index (χ1n) is 11.4. The highest BCUT2D eigenvalue weighted by Gasteiger charge is 2.36. The van der Waals surface area contributed by atoms with E-state index in [1.54, 1.807) is 24.3 Å². The molecule has 33 heavy (non-hydrogen) atoms. The van der Waals surface area contributed by atoms with E-state index < -0.39 is 10.0 Å².